The molecule has 2 amide bonds. The quantitative estimate of drug-likeness (QED) is 0.653. The fourth-order valence-electron chi connectivity index (χ4n) is 2.17. The highest BCUT2D eigenvalue weighted by Gasteiger charge is 2.15. The number of carbonyl (C=O) groups is 1. The molecule has 0 radical (unpaired) electrons. The van der Waals surface area contributed by atoms with Gasteiger partial charge in [-0.25, -0.2) is 4.79 Å². The van der Waals surface area contributed by atoms with Crippen molar-refractivity contribution < 1.29 is 9.72 Å². The van der Waals surface area contributed by atoms with Crippen LogP contribution in [0.4, 0.5) is 10.5 Å². The van der Waals surface area contributed by atoms with E-state index in [1.807, 2.05) is 13.1 Å². The van der Waals surface area contributed by atoms with E-state index in [-0.39, 0.29) is 23.8 Å². The van der Waals surface area contributed by atoms with E-state index in [2.05, 4.69) is 15.7 Å². The van der Waals surface area contributed by atoms with Crippen LogP contribution >= 0.6 is 0 Å². The Morgan fingerprint density at radius 3 is 2.48 bits per heavy atom. The summed E-state index contributed by atoms with van der Waals surface area (Å²) < 4.78 is 1.66. The lowest BCUT2D eigenvalue weighted by Gasteiger charge is -2.17. The number of nitrogens with zero attached hydrogens (tertiary/aromatic N) is 3. The minimum atomic E-state index is -0.458. The average molecular weight is 317 g/mol. The van der Waals surface area contributed by atoms with Crippen LogP contribution in [0.2, 0.25) is 0 Å². The Kier molecular flexibility index (Phi) is 4.95. The van der Waals surface area contributed by atoms with Crippen molar-refractivity contribution in [1.82, 2.24) is 20.4 Å². The number of carbonyl (C=O) groups excluding carboxylic acids is 1. The summed E-state index contributed by atoms with van der Waals surface area (Å²) in [6, 6.07) is 5.32. The van der Waals surface area contributed by atoms with Gasteiger partial charge in [-0.1, -0.05) is 12.1 Å². The molecule has 122 valence electrons. The van der Waals surface area contributed by atoms with Crippen molar-refractivity contribution in [3.63, 3.8) is 0 Å². The molecule has 2 atom stereocenters. The highest BCUT2D eigenvalue weighted by Crippen LogP contribution is 2.19. The van der Waals surface area contributed by atoms with Crippen LogP contribution in [-0.2, 0) is 7.05 Å². The molecular weight excluding hydrogens is 298 g/mol. The zero-order chi connectivity index (χ0) is 17.0. The fraction of sp³-hybridized carbons (Fsp3) is 0.333. The zero-order valence-electron chi connectivity index (χ0n) is 13.2. The first-order chi connectivity index (χ1) is 10.9. The van der Waals surface area contributed by atoms with Crippen LogP contribution in [0.1, 0.15) is 37.1 Å². The molecule has 8 nitrogen and oxygen atoms in total. The van der Waals surface area contributed by atoms with Gasteiger partial charge in [0.1, 0.15) is 0 Å². The van der Waals surface area contributed by atoms with Crippen LogP contribution in [0, 0.1) is 10.1 Å². The zero-order valence-corrected chi connectivity index (χ0v) is 13.2. The second kappa shape index (κ2) is 6.91. The fourth-order valence-corrected chi connectivity index (χ4v) is 2.17. The van der Waals surface area contributed by atoms with Crippen LogP contribution in [-0.4, -0.2) is 20.7 Å². The van der Waals surface area contributed by atoms with Crippen LogP contribution in [0.3, 0.4) is 0 Å². The maximum atomic E-state index is 12.1. The van der Waals surface area contributed by atoms with Gasteiger partial charge < -0.3 is 10.6 Å². The second-order valence-corrected chi connectivity index (χ2v) is 5.36. The number of rotatable bonds is 5. The first-order valence-corrected chi connectivity index (χ1v) is 7.16. The molecule has 2 rings (SSSR count). The minimum absolute atomic E-state index is 0.000265. The summed E-state index contributed by atoms with van der Waals surface area (Å²) >= 11 is 0. The Bertz CT molecular complexity index is 713. The van der Waals surface area contributed by atoms with Gasteiger partial charge in [-0.15, -0.1) is 0 Å². The average Bonchev–Trinajstić information content (AvgIpc) is 2.94. The number of benzene rings is 1. The number of amides is 2. The maximum absolute atomic E-state index is 12.1. The van der Waals surface area contributed by atoms with Crippen LogP contribution < -0.4 is 10.6 Å². The molecule has 1 aromatic carbocycles. The van der Waals surface area contributed by atoms with Crippen molar-refractivity contribution >= 4 is 11.7 Å². The van der Waals surface area contributed by atoms with Gasteiger partial charge in [0.15, 0.2) is 0 Å². The van der Waals surface area contributed by atoms with Crippen molar-refractivity contribution in [3.8, 4) is 0 Å². The molecule has 0 bridgehead atoms. The number of nitrogens with one attached hydrogen (secondary N) is 2. The van der Waals surface area contributed by atoms with E-state index < -0.39 is 4.92 Å². The van der Waals surface area contributed by atoms with Crippen molar-refractivity contribution in [3.05, 3.63) is 57.9 Å². The van der Waals surface area contributed by atoms with Crippen molar-refractivity contribution in [1.29, 1.82) is 0 Å². The number of nitro benzene ring substituents is 1. The SMILES string of the molecule is C[C@@H](NC(=O)N[C@H](C)c1cnn(C)c1)c1cccc([N+](=O)[O-])c1. The van der Waals surface area contributed by atoms with Crippen LogP contribution in [0.25, 0.3) is 0 Å². The highest BCUT2D eigenvalue weighted by atomic mass is 16.6. The largest absolute Gasteiger partial charge is 0.332 e. The van der Waals surface area contributed by atoms with Gasteiger partial charge >= 0.3 is 6.03 Å². The molecule has 0 saturated heterocycles. The number of non-ortho nitro benzene ring substituents is 1. The number of nitro groups is 1. The monoisotopic (exact) mass is 317 g/mol. The molecule has 0 unspecified atom stereocenters. The Labute approximate surface area is 133 Å². The predicted molar refractivity (Wildman–Crippen MR) is 84.8 cm³/mol. The molecule has 23 heavy (non-hydrogen) atoms. The molecule has 0 spiro atoms. The third kappa shape index (κ3) is 4.29. The van der Waals surface area contributed by atoms with E-state index in [4.69, 9.17) is 0 Å². The summed E-state index contributed by atoms with van der Waals surface area (Å²) in [5.74, 6) is 0. The Morgan fingerprint density at radius 1 is 1.26 bits per heavy atom. The van der Waals surface area contributed by atoms with Crippen LogP contribution in [0.5, 0.6) is 0 Å². The van der Waals surface area contributed by atoms with E-state index in [0.29, 0.717) is 5.56 Å². The minimum Gasteiger partial charge on any atom is -0.332 e. The van der Waals surface area contributed by atoms with Gasteiger partial charge in [0, 0.05) is 30.9 Å². The summed E-state index contributed by atoms with van der Waals surface area (Å²) in [5, 5.41) is 20.4. The normalized spacial score (nSPS) is 13.2. The lowest BCUT2D eigenvalue weighted by Crippen LogP contribution is -2.38. The highest BCUT2D eigenvalue weighted by molar-refractivity contribution is 5.75. The smallest absolute Gasteiger partial charge is 0.315 e. The van der Waals surface area contributed by atoms with Crippen molar-refractivity contribution in [2.45, 2.75) is 25.9 Å². The molecular formula is C15H19N5O3. The van der Waals surface area contributed by atoms with Crippen LogP contribution in [0.15, 0.2) is 36.7 Å². The summed E-state index contributed by atoms with van der Waals surface area (Å²) in [7, 11) is 1.81. The van der Waals surface area contributed by atoms with Crippen molar-refractivity contribution in [2.75, 3.05) is 0 Å². The van der Waals surface area contributed by atoms with Gasteiger partial charge in [0.05, 0.1) is 23.2 Å². The number of urea groups is 1. The molecule has 0 aliphatic rings. The number of hydrogen-bond donors (Lipinski definition) is 2. The van der Waals surface area contributed by atoms with Gasteiger partial charge in [-0.2, -0.15) is 5.10 Å². The predicted octanol–water partition coefficient (Wildman–Crippen LogP) is 2.45. The first-order valence-electron chi connectivity index (χ1n) is 7.16. The first kappa shape index (κ1) is 16.5. The Hall–Kier alpha value is -2.90. The number of aryl methyl sites for hydroxylation is 1. The molecule has 8 heteroatoms. The lowest BCUT2D eigenvalue weighted by molar-refractivity contribution is -0.384. The lowest BCUT2D eigenvalue weighted by atomic mass is 10.1. The molecule has 0 aliphatic carbocycles. The van der Waals surface area contributed by atoms with E-state index in [1.165, 1.54) is 12.1 Å². The van der Waals surface area contributed by atoms with E-state index in [0.717, 1.165) is 5.56 Å². The van der Waals surface area contributed by atoms with Gasteiger partial charge in [0.25, 0.3) is 5.69 Å². The third-order valence-electron chi connectivity index (χ3n) is 3.50. The molecule has 2 N–H and O–H groups in total. The van der Waals surface area contributed by atoms with E-state index in [1.54, 1.807) is 37.0 Å². The van der Waals surface area contributed by atoms with E-state index in [9.17, 15) is 14.9 Å². The second-order valence-electron chi connectivity index (χ2n) is 5.36. The Balaban J connectivity index is 1.96. The summed E-state index contributed by atoms with van der Waals surface area (Å²) in [5.41, 5.74) is 1.56. The molecule has 0 aliphatic heterocycles. The molecule has 0 saturated carbocycles. The topological polar surface area (TPSA) is 102 Å². The third-order valence-corrected chi connectivity index (χ3v) is 3.50. The summed E-state index contributed by atoms with van der Waals surface area (Å²) in [6.45, 7) is 3.63. The molecule has 2 aromatic rings. The number of hydrogen-bond acceptors (Lipinski definition) is 4. The maximum Gasteiger partial charge on any atom is 0.315 e. The molecule has 1 heterocycles. The Morgan fingerprint density at radius 2 is 1.91 bits per heavy atom. The molecule has 0 fully saturated rings. The number of aromatic nitrogens is 2. The summed E-state index contributed by atoms with van der Waals surface area (Å²) in [4.78, 5) is 22.4. The van der Waals surface area contributed by atoms with Gasteiger partial charge in [-0.05, 0) is 19.4 Å². The van der Waals surface area contributed by atoms with Gasteiger partial charge in [0.2, 0.25) is 0 Å². The standard InChI is InChI=1S/C15H19N5O3/c1-10(12-5-4-6-14(7-12)20(22)23)17-15(21)18-11(2)13-8-16-19(3)9-13/h4-11H,1-3H3,(H2,17,18,21)/t10-,11-/m1/s1. The van der Waals surface area contributed by atoms with Crippen molar-refractivity contribution in [2.24, 2.45) is 7.05 Å². The van der Waals surface area contributed by atoms with Gasteiger partial charge in [-0.3, -0.25) is 14.8 Å². The van der Waals surface area contributed by atoms with E-state index >= 15 is 0 Å². The molecule has 1 aromatic heterocycles. The summed E-state index contributed by atoms with van der Waals surface area (Å²) in [6.07, 6.45) is 3.52.